The maximum absolute atomic E-state index is 12.9. The highest BCUT2D eigenvalue weighted by Gasteiger charge is 2.35. The van der Waals surface area contributed by atoms with Gasteiger partial charge in [-0.1, -0.05) is 24.4 Å². The Morgan fingerprint density at radius 3 is 2.40 bits per heavy atom. The molecule has 0 radical (unpaired) electrons. The van der Waals surface area contributed by atoms with Crippen molar-refractivity contribution < 1.29 is 17.6 Å². The van der Waals surface area contributed by atoms with Gasteiger partial charge < -0.3 is 9.32 Å². The normalized spacial score (nSPS) is 23.4. The average molecular weight is 452 g/mol. The first-order valence-electron chi connectivity index (χ1n) is 10.3. The van der Waals surface area contributed by atoms with Crippen LogP contribution in [0, 0.1) is 0 Å². The summed E-state index contributed by atoms with van der Waals surface area (Å²) in [6, 6.07) is 9.60. The first-order chi connectivity index (χ1) is 14.4. The minimum absolute atomic E-state index is 0.0942. The monoisotopic (exact) mass is 451 g/mol. The third kappa shape index (κ3) is 4.72. The molecule has 1 amide bonds. The second-order valence-corrected chi connectivity index (χ2v) is 9.99. The number of carbonyl (C=O) groups excluding carboxylic acids is 1. The number of halogens is 1. The zero-order chi connectivity index (χ0) is 21.1. The van der Waals surface area contributed by atoms with Gasteiger partial charge >= 0.3 is 0 Å². The van der Waals surface area contributed by atoms with E-state index in [0.717, 1.165) is 38.8 Å². The molecule has 9 heteroatoms. The molecule has 0 bridgehead atoms. The molecule has 2 fully saturated rings. The van der Waals surface area contributed by atoms with Gasteiger partial charge in [-0.15, -0.1) is 0 Å². The second-order valence-electron chi connectivity index (χ2n) is 7.84. The van der Waals surface area contributed by atoms with E-state index in [1.54, 1.807) is 29.2 Å². The lowest BCUT2D eigenvalue weighted by atomic mass is 9.89. The highest BCUT2D eigenvalue weighted by atomic mass is 35.5. The van der Waals surface area contributed by atoms with Crippen molar-refractivity contribution in [3.8, 4) is 0 Å². The number of furan rings is 1. The Morgan fingerprint density at radius 1 is 1.03 bits per heavy atom. The van der Waals surface area contributed by atoms with Gasteiger partial charge in [-0.25, -0.2) is 13.1 Å². The molecule has 2 atom stereocenters. The van der Waals surface area contributed by atoms with Crippen molar-refractivity contribution in [3.05, 3.63) is 53.4 Å². The Hall–Kier alpha value is -1.87. The van der Waals surface area contributed by atoms with E-state index in [9.17, 15) is 13.2 Å². The molecule has 1 aromatic carbocycles. The third-order valence-electron chi connectivity index (χ3n) is 5.96. The maximum atomic E-state index is 12.9. The number of amides is 1. The topological polar surface area (TPSA) is 82.9 Å². The van der Waals surface area contributed by atoms with Crippen molar-refractivity contribution in [3.63, 3.8) is 0 Å². The lowest BCUT2D eigenvalue weighted by Crippen LogP contribution is -2.58. The molecule has 7 nitrogen and oxygen atoms in total. The van der Waals surface area contributed by atoms with Gasteiger partial charge in [-0.2, -0.15) is 0 Å². The number of nitrogens with one attached hydrogen (secondary N) is 1. The van der Waals surface area contributed by atoms with Crippen LogP contribution in [0.2, 0.25) is 5.02 Å². The van der Waals surface area contributed by atoms with Gasteiger partial charge in [0.15, 0.2) is 5.76 Å². The van der Waals surface area contributed by atoms with Gasteiger partial charge in [0.25, 0.3) is 5.91 Å². The fourth-order valence-electron chi connectivity index (χ4n) is 4.38. The summed E-state index contributed by atoms with van der Waals surface area (Å²) in [6.07, 6.45) is 5.34. The molecule has 2 aliphatic rings. The molecular weight excluding hydrogens is 426 g/mol. The van der Waals surface area contributed by atoms with Crippen LogP contribution in [-0.4, -0.2) is 62.4 Å². The Kier molecular flexibility index (Phi) is 6.48. The van der Waals surface area contributed by atoms with Crippen molar-refractivity contribution in [1.82, 2.24) is 14.5 Å². The summed E-state index contributed by atoms with van der Waals surface area (Å²) in [5.41, 5.74) is 0. The molecular formula is C21H26ClN3O4S. The minimum atomic E-state index is -3.61. The van der Waals surface area contributed by atoms with Crippen LogP contribution in [0.5, 0.6) is 0 Å². The summed E-state index contributed by atoms with van der Waals surface area (Å²) in [6.45, 7) is 2.64. The molecule has 1 aromatic heterocycles. The quantitative estimate of drug-likeness (QED) is 0.755. The van der Waals surface area contributed by atoms with Crippen LogP contribution in [-0.2, 0) is 10.0 Å². The van der Waals surface area contributed by atoms with E-state index in [0.29, 0.717) is 23.9 Å². The van der Waals surface area contributed by atoms with Crippen molar-refractivity contribution in [2.75, 3.05) is 26.2 Å². The number of nitrogens with zero attached hydrogens (tertiary/aromatic N) is 2. The Morgan fingerprint density at radius 2 is 1.73 bits per heavy atom. The summed E-state index contributed by atoms with van der Waals surface area (Å²) < 4.78 is 33.9. The molecule has 2 heterocycles. The van der Waals surface area contributed by atoms with Crippen LogP contribution in [0.3, 0.4) is 0 Å². The number of hydrogen-bond acceptors (Lipinski definition) is 5. The molecule has 4 rings (SSSR count). The van der Waals surface area contributed by atoms with E-state index in [2.05, 4.69) is 9.62 Å². The fraction of sp³-hybridized carbons (Fsp3) is 0.476. The molecule has 1 saturated carbocycles. The van der Waals surface area contributed by atoms with Gasteiger partial charge in [0.2, 0.25) is 10.0 Å². The molecule has 1 N–H and O–H groups in total. The number of carbonyl (C=O) groups is 1. The molecule has 1 saturated heterocycles. The van der Waals surface area contributed by atoms with E-state index >= 15 is 0 Å². The Labute approximate surface area is 182 Å². The van der Waals surface area contributed by atoms with E-state index in [1.165, 1.54) is 18.4 Å². The van der Waals surface area contributed by atoms with Gasteiger partial charge in [0.05, 0.1) is 11.2 Å². The second kappa shape index (κ2) is 9.09. The Balaban J connectivity index is 1.40. The molecule has 162 valence electrons. The van der Waals surface area contributed by atoms with E-state index in [1.807, 2.05) is 0 Å². The van der Waals surface area contributed by atoms with Gasteiger partial charge in [0.1, 0.15) is 0 Å². The molecule has 1 aliphatic carbocycles. The van der Waals surface area contributed by atoms with Gasteiger partial charge in [0, 0.05) is 43.3 Å². The smallest absolute Gasteiger partial charge is 0.289 e. The van der Waals surface area contributed by atoms with Gasteiger partial charge in [-0.05, 0) is 49.2 Å². The van der Waals surface area contributed by atoms with Crippen LogP contribution < -0.4 is 4.72 Å². The number of hydrogen-bond donors (Lipinski definition) is 1. The molecule has 0 spiro atoms. The summed E-state index contributed by atoms with van der Waals surface area (Å²) in [4.78, 5) is 16.8. The fourth-order valence-corrected chi connectivity index (χ4v) is 5.81. The lowest BCUT2D eigenvalue weighted by molar-refractivity contribution is 0.0455. The van der Waals surface area contributed by atoms with Gasteiger partial charge in [-0.3, -0.25) is 9.69 Å². The minimum Gasteiger partial charge on any atom is -0.459 e. The van der Waals surface area contributed by atoms with Crippen molar-refractivity contribution in [1.29, 1.82) is 0 Å². The molecule has 2 aromatic rings. The van der Waals surface area contributed by atoms with Crippen LogP contribution in [0.1, 0.15) is 36.2 Å². The number of benzene rings is 1. The van der Waals surface area contributed by atoms with Crippen molar-refractivity contribution in [2.45, 2.75) is 42.7 Å². The number of rotatable bonds is 5. The third-order valence-corrected chi connectivity index (χ3v) is 7.72. The zero-order valence-corrected chi connectivity index (χ0v) is 18.2. The predicted octanol–water partition coefficient (Wildman–Crippen LogP) is 2.98. The van der Waals surface area contributed by atoms with E-state index in [4.69, 9.17) is 16.0 Å². The zero-order valence-electron chi connectivity index (χ0n) is 16.7. The summed E-state index contributed by atoms with van der Waals surface area (Å²) in [7, 11) is -3.61. The molecule has 30 heavy (non-hydrogen) atoms. The number of piperazine rings is 1. The lowest BCUT2D eigenvalue weighted by Gasteiger charge is -2.44. The Bertz CT molecular complexity index is 955. The predicted molar refractivity (Wildman–Crippen MR) is 114 cm³/mol. The van der Waals surface area contributed by atoms with Crippen LogP contribution in [0.4, 0.5) is 0 Å². The van der Waals surface area contributed by atoms with Crippen LogP contribution in [0.15, 0.2) is 52.0 Å². The highest BCUT2D eigenvalue weighted by Crippen LogP contribution is 2.26. The number of sulfonamides is 1. The summed E-state index contributed by atoms with van der Waals surface area (Å²) >= 11 is 5.89. The van der Waals surface area contributed by atoms with Crippen LogP contribution in [0.25, 0.3) is 0 Å². The first kappa shape index (κ1) is 21.4. The average Bonchev–Trinajstić information content (AvgIpc) is 3.29. The molecule has 1 aliphatic heterocycles. The first-order valence-corrected chi connectivity index (χ1v) is 12.1. The summed E-state index contributed by atoms with van der Waals surface area (Å²) in [5.74, 6) is 0.262. The van der Waals surface area contributed by atoms with Crippen molar-refractivity contribution >= 4 is 27.5 Å². The largest absolute Gasteiger partial charge is 0.459 e. The standard InChI is InChI=1S/C21H26ClN3O4S/c22-16-7-9-17(10-8-16)30(27,28)23-18-4-1-2-5-19(18)24-11-13-25(14-12-24)21(26)20-6-3-15-29-20/h3,6-10,15,18-19,23H,1-2,4-5,11-14H2/t18-,19-/m0/s1. The maximum Gasteiger partial charge on any atom is 0.289 e. The van der Waals surface area contributed by atoms with E-state index in [-0.39, 0.29) is 22.9 Å². The SMILES string of the molecule is O=C(c1ccco1)N1CCN([C@H]2CCCC[C@@H]2NS(=O)(=O)c2ccc(Cl)cc2)CC1. The summed E-state index contributed by atoms with van der Waals surface area (Å²) in [5, 5.41) is 0.506. The highest BCUT2D eigenvalue weighted by molar-refractivity contribution is 7.89. The van der Waals surface area contributed by atoms with E-state index < -0.39 is 10.0 Å². The van der Waals surface area contributed by atoms with Crippen molar-refractivity contribution in [2.24, 2.45) is 0 Å². The van der Waals surface area contributed by atoms with Crippen LogP contribution >= 0.6 is 11.6 Å². The molecule has 0 unspecified atom stereocenters.